The third-order valence-electron chi connectivity index (χ3n) is 7.83. The van der Waals surface area contributed by atoms with Gasteiger partial charge in [0.1, 0.15) is 5.75 Å². The number of fused-ring (bicyclic) bond motifs is 1. The predicted molar refractivity (Wildman–Crippen MR) is 163 cm³/mol. The average Bonchev–Trinajstić information content (AvgIpc) is 3.02. The molecule has 0 spiro atoms. The summed E-state index contributed by atoms with van der Waals surface area (Å²) in [5.74, 6) is 0.619. The smallest absolute Gasteiger partial charge is 0.251 e. The van der Waals surface area contributed by atoms with Gasteiger partial charge in [-0.3, -0.25) is 14.5 Å². The van der Waals surface area contributed by atoms with Crippen LogP contribution in [0.25, 0.3) is 0 Å². The van der Waals surface area contributed by atoms with Crippen LogP contribution in [0.15, 0.2) is 72.8 Å². The molecule has 41 heavy (non-hydrogen) atoms. The Balaban J connectivity index is 1.29. The number of hydrogen-bond donors (Lipinski definition) is 2. The quantitative estimate of drug-likeness (QED) is 0.433. The van der Waals surface area contributed by atoms with Crippen molar-refractivity contribution in [1.29, 1.82) is 0 Å². The Morgan fingerprint density at radius 2 is 1.63 bits per heavy atom. The van der Waals surface area contributed by atoms with E-state index in [0.717, 1.165) is 49.0 Å². The molecule has 0 unspecified atom stereocenters. The van der Waals surface area contributed by atoms with E-state index in [1.165, 1.54) is 24.9 Å². The zero-order valence-corrected chi connectivity index (χ0v) is 23.9. The molecule has 3 aromatic carbocycles. The molecule has 0 bridgehead atoms. The number of ether oxygens (including phenoxy) is 1. The minimum atomic E-state index is -0.122. The number of hydrogen-bond acceptors (Lipinski definition) is 5. The van der Waals surface area contributed by atoms with Crippen LogP contribution in [0.1, 0.15) is 65.6 Å². The van der Waals surface area contributed by atoms with Gasteiger partial charge in [-0.2, -0.15) is 0 Å². The van der Waals surface area contributed by atoms with Crippen molar-refractivity contribution in [2.45, 2.75) is 58.2 Å². The van der Waals surface area contributed by atoms with E-state index < -0.39 is 0 Å². The zero-order valence-electron chi connectivity index (χ0n) is 23.9. The van der Waals surface area contributed by atoms with Gasteiger partial charge in [0.2, 0.25) is 5.91 Å². The molecule has 0 aromatic heterocycles. The Labute approximate surface area is 243 Å². The van der Waals surface area contributed by atoms with E-state index in [1.54, 1.807) is 0 Å². The van der Waals surface area contributed by atoms with Crippen LogP contribution >= 0.6 is 0 Å². The molecule has 0 atom stereocenters. The monoisotopic (exact) mass is 554 g/mol. The molecule has 7 nitrogen and oxygen atoms in total. The molecule has 2 N–H and O–H groups in total. The first-order valence-corrected chi connectivity index (χ1v) is 15.0. The number of benzene rings is 3. The molecule has 3 aromatic rings. The maximum atomic E-state index is 13.2. The third kappa shape index (κ3) is 8.57. The van der Waals surface area contributed by atoms with E-state index in [1.807, 2.05) is 36.4 Å². The normalized spacial score (nSPS) is 17.2. The number of piperidine rings is 1. The number of rotatable bonds is 6. The fourth-order valence-corrected chi connectivity index (χ4v) is 5.58. The van der Waals surface area contributed by atoms with E-state index in [-0.39, 0.29) is 11.8 Å². The molecule has 0 saturated carbocycles. The molecule has 1 saturated heterocycles. The molecular weight excluding hydrogens is 512 g/mol. The van der Waals surface area contributed by atoms with Crippen LogP contribution in [0.4, 0.5) is 5.69 Å². The Bertz CT molecular complexity index is 1290. The van der Waals surface area contributed by atoms with Crippen molar-refractivity contribution >= 4 is 17.5 Å². The van der Waals surface area contributed by atoms with Gasteiger partial charge < -0.3 is 20.3 Å². The lowest BCUT2D eigenvalue weighted by Crippen LogP contribution is -2.37. The van der Waals surface area contributed by atoms with Crippen LogP contribution in [0.2, 0.25) is 0 Å². The minimum Gasteiger partial charge on any atom is -0.493 e. The predicted octanol–water partition coefficient (Wildman–Crippen LogP) is 5.29. The highest BCUT2D eigenvalue weighted by atomic mass is 16.5. The average molecular weight is 555 g/mol. The summed E-state index contributed by atoms with van der Waals surface area (Å²) in [6.07, 6.45) is 6.56. The number of nitrogens with zero attached hydrogens (tertiary/aromatic N) is 2. The van der Waals surface area contributed by atoms with E-state index in [9.17, 15) is 9.59 Å². The lowest BCUT2D eigenvalue weighted by Gasteiger charge is -2.29. The summed E-state index contributed by atoms with van der Waals surface area (Å²) in [6, 6.07) is 24.4. The lowest BCUT2D eigenvalue weighted by molar-refractivity contribution is -0.122. The molecule has 2 aliphatic rings. The van der Waals surface area contributed by atoms with Crippen molar-refractivity contribution in [1.82, 2.24) is 15.5 Å². The van der Waals surface area contributed by atoms with Crippen molar-refractivity contribution < 1.29 is 14.3 Å². The van der Waals surface area contributed by atoms with Gasteiger partial charge in [-0.25, -0.2) is 0 Å². The van der Waals surface area contributed by atoms with Crippen LogP contribution in [0, 0.1) is 0 Å². The summed E-state index contributed by atoms with van der Waals surface area (Å²) < 4.78 is 6.25. The van der Waals surface area contributed by atoms with E-state index in [2.05, 4.69) is 56.8 Å². The van der Waals surface area contributed by atoms with Crippen molar-refractivity contribution in [3.8, 4) is 5.75 Å². The summed E-state index contributed by atoms with van der Waals surface area (Å²) in [5, 5.41) is 6.16. The SMILES string of the molecule is O=C1CN(Cc2ccccc2)Cc2ccc(C(=O)NCc3cccc(N4CCCCC4)c3)cc2OCCCCCN1. The fourth-order valence-electron chi connectivity index (χ4n) is 5.58. The van der Waals surface area contributed by atoms with E-state index >= 15 is 0 Å². The van der Waals surface area contributed by atoms with E-state index in [0.29, 0.717) is 50.6 Å². The van der Waals surface area contributed by atoms with Crippen molar-refractivity contribution in [3.05, 3.63) is 95.1 Å². The van der Waals surface area contributed by atoms with Gasteiger partial charge in [-0.1, -0.05) is 48.5 Å². The summed E-state index contributed by atoms with van der Waals surface area (Å²) >= 11 is 0. The van der Waals surface area contributed by atoms with Crippen molar-refractivity contribution in [2.24, 2.45) is 0 Å². The highest BCUT2D eigenvalue weighted by Gasteiger charge is 2.18. The minimum absolute atomic E-state index is 0.0306. The second kappa shape index (κ2) is 14.7. The van der Waals surface area contributed by atoms with Gasteiger partial charge in [0.25, 0.3) is 5.91 Å². The van der Waals surface area contributed by atoms with Crippen LogP contribution in [0.3, 0.4) is 0 Å². The zero-order chi connectivity index (χ0) is 28.3. The molecule has 216 valence electrons. The standard InChI is InChI=1S/C34H42N4O3/c39-33-26-37(24-27-11-4-1-5-12-27)25-30-16-15-29(22-32(30)41-20-9-2-6-17-35-33)34(40)36-23-28-13-10-14-31(21-28)38-18-7-3-8-19-38/h1,4-5,10-16,21-22H,2-3,6-9,17-20,23-26H2,(H,35,39)(H,36,40). The van der Waals surface area contributed by atoms with Gasteiger partial charge >= 0.3 is 0 Å². The topological polar surface area (TPSA) is 73.9 Å². The Morgan fingerprint density at radius 3 is 2.49 bits per heavy atom. The number of carbonyl (C=O) groups excluding carboxylic acids is 2. The lowest BCUT2D eigenvalue weighted by atomic mass is 10.1. The molecule has 2 amide bonds. The van der Waals surface area contributed by atoms with Crippen LogP contribution < -0.4 is 20.3 Å². The maximum Gasteiger partial charge on any atom is 0.251 e. The van der Waals surface area contributed by atoms with Gasteiger partial charge in [-0.05, 0) is 73.9 Å². The summed E-state index contributed by atoms with van der Waals surface area (Å²) in [7, 11) is 0. The molecule has 2 aliphatic heterocycles. The molecule has 2 heterocycles. The largest absolute Gasteiger partial charge is 0.493 e. The van der Waals surface area contributed by atoms with Crippen LogP contribution in [0.5, 0.6) is 5.75 Å². The second-order valence-corrected chi connectivity index (χ2v) is 11.1. The Morgan fingerprint density at radius 1 is 0.829 bits per heavy atom. The number of amides is 2. The van der Waals surface area contributed by atoms with Gasteiger partial charge in [0, 0.05) is 56.1 Å². The van der Waals surface area contributed by atoms with Gasteiger partial charge in [0.15, 0.2) is 0 Å². The number of anilines is 1. The highest BCUT2D eigenvalue weighted by Crippen LogP contribution is 2.25. The molecule has 5 rings (SSSR count). The molecule has 7 heteroatoms. The Hall–Kier alpha value is -3.84. The molecular formula is C34H42N4O3. The second-order valence-electron chi connectivity index (χ2n) is 11.1. The first-order valence-electron chi connectivity index (χ1n) is 15.0. The van der Waals surface area contributed by atoms with Crippen LogP contribution in [-0.4, -0.2) is 49.5 Å². The summed E-state index contributed by atoms with van der Waals surface area (Å²) in [5.41, 5.74) is 5.02. The van der Waals surface area contributed by atoms with Crippen molar-refractivity contribution in [2.75, 3.05) is 37.7 Å². The Kier molecular flexibility index (Phi) is 10.3. The maximum absolute atomic E-state index is 13.2. The van der Waals surface area contributed by atoms with Gasteiger partial charge in [-0.15, -0.1) is 0 Å². The fraction of sp³-hybridized carbons (Fsp3) is 0.412. The number of carbonyl (C=O) groups is 2. The first-order chi connectivity index (χ1) is 20.1. The van der Waals surface area contributed by atoms with Crippen molar-refractivity contribution in [3.63, 3.8) is 0 Å². The summed E-state index contributed by atoms with van der Waals surface area (Å²) in [6.45, 7) is 5.40. The third-order valence-corrected chi connectivity index (χ3v) is 7.83. The van der Waals surface area contributed by atoms with E-state index in [4.69, 9.17) is 4.74 Å². The summed E-state index contributed by atoms with van der Waals surface area (Å²) in [4.78, 5) is 30.5. The molecule has 0 radical (unpaired) electrons. The van der Waals surface area contributed by atoms with Crippen LogP contribution in [-0.2, 0) is 24.4 Å². The number of nitrogens with one attached hydrogen (secondary N) is 2. The highest BCUT2D eigenvalue weighted by molar-refractivity contribution is 5.94. The molecule has 0 aliphatic carbocycles. The molecule has 1 fully saturated rings. The first kappa shape index (κ1) is 28.7. The van der Waals surface area contributed by atoms with Gasteiger partial charge in [0.05, 0.1) is 13.2 Å².